The lowest BCUT2D eigenvalue weighted by Gasteiger charge is -2.59. The van der Waals surface area contributed by atoms with E-state index in [2.05, 4.69) is 19.2 Å². The van der Waals surface area contributed by atoms with Gasteiger partial charge in [0.25, 0.3) is 5.69 Å². The average molecular weight is 776 g/mol. The standard InChI is InChI=1S/C43H57N3O10/c1-5-21-45(42(49)52-8-4)39-28-37(44-55-29-30-15-17-32(18-16-30)46(50)51)35-26-31(13-9-11-22-47)34(14-10-12-23-48)40-36-27-33(53-24-6-2)19-20-38(36)56-43(39,41(35)40)54-25-7-3/h6-7,15-20,26-27,31,34,39-41,47-48H,2-3,5,8-14,21-25,28-29H2,1,4H3. The van der Waals surface area contributed by atoms with Crippen molar-refractivity contribution in [3.05, 3.63) is 101 Å². The molecule has 1 amide bonds. The molecule has 56 heavy (non-hydrogen) atoms. The summed E-state index contributed by atoms with van der Waals surface area (Å²) in [5.41, 5.74) is 3.18. The number of hydrogen-bond acceptors (Lipinski definition) is 11. The van der Waals surface area contributed by atoms with E-state index in [0.29, 0.717) is 55.2 Å². The molecule has 1 saturated carbocycles. The SMILES string of the molecule is C=CCOc1ccc2c(c1)C1C(CCCCO)C(CCCCO)C=C3C(=NOCc4ccc([N+](=O)[O-])cc4)CC(N(CCC)C(=O)OCC)C(OCC=C)(O2)C31. The van der Waals surface area contributed by atoms with E-state index in [1.807, 2.05) is 25.1 Å². The number of aliphatic hydroxyl groups is 2. The van der Waals surface area contributed by atoms with Crippen molar-refractivity contribution in [1.82, 2.24) is 4.90 Å². The van der Waals surface area contributed by atoms with Crippen LogP contribution in [0.4, 0.5) is 10.5 Å². The van der Waals surface area contributed by atoms with Gasteiger partial charge in [0.05, 0.1) is 29.8 Å². The minimum atomic E-state index is -1.40. The first-order valence-corrected chi connectivity index (χ1v) is 19.9. The second-order valence-corrected chi connectivity index (χ2v) is 14.5. The smallest absolute Gasteiger partial charge is 0.410 e. The topological polar surface area (TPSA) is 162 Å². The molecule has 2 aromatic carbocycles. The number of carbonyl (C=O) groups excluding carboxylic acids is 1. The molecule has 304 valence electrons. The molecular weight excluding hydrogens is 718 g/mol. The van der Waals surface area contributed by atoms with E-state index < -0.39 is 28.8 Å². The van der Waals surface area contributed by atoms with Crippen molar-refractivity contribution in [2.24, 2.45) is 22.9 Å². The minimum Gasteiger partial charge on any atom is -0.490 e. The Morgan fingerprint density at radius 1 is 1.05 bits per heavy atom. The predicted octanol–water partition coefficient (Wildman–Crippen LogP) is 7.86. The van der Waals surface area contributed by atoms with Gasteiger partial charge in [-0.1, -0.05) is 49.7 Å². The molecule has 1 aliphatic heterocycles. The normalized spacial score (nSPS) is 24.2. The summed E-state index contributed by atoms with van der Waals surface area (Å²) in [6.45, 7) is 12.8. The number of fused-ring (bicyclic) bond motifs is 2. The maximum Gasteiger partial charge on any atom is 0.410 e. The second-order valence-electron chi connectivity index (χ2n) is 14.5. The number of oxime groups is 1. The monoisotopic (exact) mass is 775 g/mol. The number of nitro groups is 1. The number of benzene rings is 2. The fraction of sp³-hybridized carbons (Fsp3) is 0.535. The number of unbranched alkanes of at least 4 members (excludes halogenated alkanes) is 2. The van der Waals surface area contributed by atoms with Gasteiger partial charge in [0.2, 0.25) is 5.79 Å². The summed E-state index contributed by atoms with van der Waals surface area (Å²) >= 11 is 0. The zero-order valence-corrected chi connectivity index (χ0v) is 32.7. The van der Waals surface area contributed by atoms with E-state index in [1.54, 1.807) is 36.1 Å². The van der Waals surface area contributed by atoms with Gasteiger partial charge < -0.3 is 34.0 Å². The number of rotatable bonds is 22. The molecule has 3 aliphatic rings. The number of allylic oxidation sites excluding steroid dienone is 1. The number of hydrogen-bond donors (Lipinski definition) is 2. The van der Waals surface area contributed by atoms with Crippen molar-refractivity contribution in [3.63, 3.8) is 0 Å². The van der Waals surface area contributed by atoms with Gasteiger partial charge in [0.1, 0.15) is 30.8 Å². The number of nitro benzene ring substituents is 1. The highest BCUT2D eigenvalue weighted by Crippen LogP contribution is 2.62. The molecule has 6 unspecified atom stereocenters. The number of nitrogens with zero attached hydrogens (tertiary/aromatic N) is 3. The predicted molar refractivity (Wildman–Crippen MR) is 213 cm³/mol. The molecule has 0 saturated heterocycles. The first-order chi connectivity index (χ1) is 27.3. The molecule has 6 atom stereocenters. The van der Waals surface area contributed by atoms with Crippen LogP contribution in [0.1, 0.15) is 82.3 Å². The first kappa shape index (κ1) is 42.4. The van der Waals surface area contributed by atoms with E-state index >= 15 is 0 Å². The van der Waals surface area contributed by atoms with Gasteiger partial charge in [-0.3, -0.25) is 15.0 Å². The maximum atomic E-state index is 13.9. The van der Waals surface area contributed by atoms with Crippen LogP contribution in [-0.2, 0) is 20.9 Å². The summed E-state index contributed by atoms with van der Waals surface area (Å²) in [4.78, 5) is 32.5. The Labute approximate surface area is 329 Å². The third-order valence-corrected chi connectivity index (χ3v) is 10.9. The molecule has 2 aliphatic carbocycles. The summed E-state index contributed by atoms with van der Waals surface area (Å²) in [6.07, 6.45) is 10.6. The van der Waals surface area contributed by atoms with E-state index in [1.165, 1.54) is 12.1 Å². The van der Waals surface area contributed by atoms with Gasteiger partial charge >= 0.3 is 6.09 Å². The molecule has 13 heteroatoms. The number of non-ortho nitro benzene ring substituents is 1. The largest absolute Gasteiger partial charge is 0.490 e. The van der Waals surface area contributed by atoms with Crippen LogP contribution in [0.2, 0.25) is 0 Å². The molecule has 0 aromatic heterocycles. The summed E-state index contributed by atoms with van der Waals surface area (Å²) in [5.74, 6) is -0.670. The fourth-order valence-corrected chi connectivity index (χ4v) is 8.61. The number of carbonyl (C=O) groups is 1. The van der Waals surface area contributed by atoms with E-state index in [-0.39, 0.29) is 62.9 Å². The highest BCUT2D eigenvalue weighted by Gasteiger charge is 2.65. The molecule has 2 N–H and O–H groups in total. The molecular formula is C43H57N3O10. The van der Waals surface area contributed by atoms with E-state index in [0.717, 1.165) is 36.8 Å². The van der Waals surface area contributed by atoms with Crippen molar-refractivity contribution in [1.29, 1.82) is 0 Å². The molecule has 0 spiro atoms. The quantitative estimate of drug-likeness (QED) is 0.0521. The summed E-state index contributed by atoms with van der Waals surface area (Å²) < 4.78 is 25.9. The van der Waals surface area contributed by atoms with Crippen LogP contribution in [0.3, 0.4) is 0 Å². The van der Waals surface area contributed by atoms with Crippen molar-refractivity contribution >= 4 is 17.5 Å². The molecule has 2 aromatic rings. The second kappa shape index (κ2) is 20.4. The van der Waals surface area contributed by atoms with Crippen molar-refractivity contribution in [3.8, 4) is 11.5 Å². The third-order valence-electron chi connectivity index (χ3n) is 10.9. The Kier molecular flexibility index (Phi) is 15.5. The van der Waals surface area contributed by atoms with Crippen molar-refractivity contribution in [2.45, 2.75) is 89.6 Å². The van der Waals surface area contributed by atoms with Gasteiger partial charge in [0, 0.05) is 49.8 Å². The summed E-state index contributed by atoms with van der Waals surface area (Å²) in [6, 6.07) is 11.3. The molecule has 5 rings (SSSR count). The minimum absolute atomic E-state index is 0.0177. The lowest BCUT2D eigenvalue weighted by Crippen LogP contribution is -2.70. The molecule has 1 heterocycles. The highest BCUT2D eigenvalue weighted by atomic mass is 16.7. The Morgan fingerprint density at radius 3 is 2.45 bits per heavy atom. The van der Waals surface area contributed by atoms with Crippen LogP contribution in [0, 0.1) is 27.9 Å². The average Bonchev–Trinajstić information content (AvgIpc) is 3.20. The number of ether oxygens (including phenoxy) is 4. The Bertz CT molecular complexity index is 1710. The molecule has 0 radical (unpaired) electrons. The van der Waals surface area contributed by atoms with Crippen LogP contribution in [0.15, 0.2) is 84.6 Å². The van der Waals surface area contributed by atoms with Gasteiger partial charge in [-0.05, 0) is 92.3 Å². The molecule has 0 bridgehead atoms. The van der Waals surface area contributed by atoms with Crippen LogP contribution in [0.25, 0.3) is 0 Å². The van der Waals surface area contributed by atoms with E-state index in [4.69, 9.17) is 28.9 Å². The van der Waals surface area contributed by atoms with Crippen LogP contribution >= 0.6 is 0 Å². The lowest BCUT2D eigenvalue weighted by atomic mass is 9.55. The lowest BCUT2D eigenvalue weighted by molar-refractivity contribution is -0.384. The van der Waals surface area contributed by atoms with Crippen molar-refractivity contribution in [2.75, 3.05) is 39.6 Å². The van der Waals surface area contributed by atoms with Crippen LogP contribution in [0.5, 0.6) is 11.5 Å². The Hall–Kier alpha value is -4.72. The van der Waals surface area contributed by atoms with Gasteiger partial charge in [-0.2, -0.15) is 0 Å². The van der Waals surface area contributed by atoms with Gasteiger partial charge in [-0.25, -0.2) is 4.79 Å². The van der Waals surface area contributed by atoms with Gasteiger partial charge in [0.15, 0.2) is 0 Å². The van der Waals surface area contributed by atoms with Crippen LogP contribution < -0.4 is 9.47 Å². The van der Waals surface area contributed by atoms with Crippen LogP contribution in [-0.4, -0.2) is 83.2 Å². The molecule has 13 nitrogen and oxygen atoms in total. The van der Waals surface area contributed by atoms with E-state index in [9.17, 15) is 25.1 Å². The van der Waals surface area contributed by atoms with Crippen molar-refractivity contribution < 1.29 is 43.7 Å². The maximum absolute atomic E-state index is 13.9. The van der Waals surface area contributed by atoms with Gasteiger partial charge in [-0.15, -0.1) is 6.58 Å². The first-order valence-electron chi connectivity index (χ1n) is 19.9. The molecule has 1 fully saturated rings. The summed E-state index contributed by atoms with van der Waals surface area (Å²) in [7, 11) is 0. The Balaban J connectivity index is 1.74. The Morgan fingerprint density at radius 2 is 1.79 bits per heavy atom. The highest BCUT2D eigenvalue weighted by molar-refractivity contribution is 6.03. The summed E-state index contributed by atoms with van der Waals surface area (Å²) in [5, 5.41) is 35.7. The fourth-order valence-electron chi connectivity index (χ4n) is 8.61. The number of aliphatic hydroxyl groups excluding tert-OH is 2. The zero-order chi connectivity index (χ0) is 40.1. The zero-order valence-electron chi connectivity index (χ0n) is 32.7. The number of amides is 1. The third kappa shape index (κ3) is 9.45.